The second kappa shape index (κ2) is 11.1. The van der Waals surface area contributed by atoms with Gasteiger partial charge in [0.2, 0.25) is 0 Å². The van der Waals surface area contributed by atoms with Crippen LogP contribution in [0, 0.1) is 6.92 Å². The maximum absolute atomic E-state index is 12.5. The van der Waals surface area contributed by atoms with Crippen LogP contribution >= 0.6 is 15.9 Å². The molecule has 3 aromatic carbocycles. The SMILES string of the molecule is COc1ccc(OCC(=O)N/N=C\c2cc(Br)ccc2OC(=O)c2cccc(C)c2)cc1. The zero-order valence-corrected chi connectivity index (χ0v) is 19.1. The molecule has 3 aromatic rings. The number of nitrogens with zero attached hydrogens (tertiary/aromatic N) is 1. The third-order valence-corrected chi connectivity index (χ3v) is 4.74. The molecule has 0 aromatic heterocycles. The molecule has 8 heteroatoms. The van der Waals surface area contributed by atoms with Crippen LogP contribution in [0.1, 0.15) is 21.5 Å². The summed E-state index contributed by atoms with van der Waals surface area (Å²) in [6.45, 7) is 1.69. The molecular formula is C24H21BrN2O5. The Morgan fingerprint density at radius 2 is 1.78 bits per heavy atom. The quantitative estimate of drug-likeness (QED) is 0.214. The fourth-order valence-corrected chi connectivity index (χ4v) is 3.05. The standard InChI is InChI=1S/C24H21BrN2O5/c1-16-4-3-5-17(12-16)24(29)32-22-11-6-19(25)13-18(22)14-26-27-23(28)15-31-21-9-7-20(30-2)8-10-21/h3-14H,15H2,1-2H3,(H,27,28)/b26-14-. The number of hydrazone groups is 1. The Balaban J connectivity index is 1.60. The molecule has 0 aliphatic carbocycles. The van der Waals surface area contributed by atoms with Gasteiger partial charge in [-0.3, -0.25) is 4.79 Å². The lowest BCUT2D eigenvalue weighted by Crippen LogP contribution is -2.24. The van der Waals surface area contributed by atoms with E-state index in [-0.39, 0.29) is 6.61 Å². The van der Waals surface area contributed by atoms with Gasteiger partial charge in [0, 0.05) is 10.0 Å². The van der Waals surface area contributed by atoms with Crippen molar-refractivity contribution in [2.24, 2.45) is 5.10 Å². The minimum absolute atomic E-state index is 0.211. The number of aryl methyl sites for hydroxylation is 1. The minimum Gasteiger partial charge on any atom is -0.497 e. The first-order chi connectivity index (χ1) is 15.4. The van der Waals surface area contributed by atoms with E-state index in [1.807, 2.05) is 13.0 Å². The molecule has 0 spiro atoms. The second-order valence-corrected chi connectivity index (χ2v) is 7.61. The number of methoxy groups -OCH3 is 1. The largest absolute Gasteiger partial charge is 0.497 e. The number of amides is 1. The van der Waals surface area contributed by atoms with Crippen LogP contribution in [0.2, 0.25) is 0 Å². The lowest BCUT2D eigenvalue weighted by molar-refractivity contribution is -0.123. The highest BCUT2D eigenvalue weighted by molar-refractivity contribution is 9.10. The number of carbonyl (C=O) groups excluding carboxylic acids is 2. The summed E-state index contributed by atoms with van der Waals surface area (Å²) >= 11 is 3.38. The van der Waals surface area contributed by atoms with Crippen molar-refractivity contribution in [1.82, 2.24) is 5.43 Å². The van der Waals surface area contributed by atoms with Crippen molar-refractivity contribution in [3.8, 4) is 17.2 Å². The summed E-state index contributed by atoms with van der Waals surface area (Å²) < 4.78 is 16.8. The summed E-state index contributed by atoms with van der Waals surface area (Å²) in [6.07, 6.45) is 1.40. The molecule has 3 rings (SSSR count). The molecule has 164 valence electrons. The van der Waals surface area contributed by atoms with Gasteiger partial charge in [0.15, 0.2) is 6.61 Å². The van der Waals surface area contributed by atoms with E-state index in [1.54, 1.807) is 67.8 Å². The summed E-state index contributed by atoms with van der Waals surface area (Å²) in [5.74, 6) is 0.613. The maximum atomic E-state index is 12.5. The number of benzene rings is 3. The molecule has 0 bridgehead atoms. The molecular weight excluding hydrogens is 476 g/mol. The Bertz CT molecular complexity index is 1130. The molecule has 0 heterocycles. The Morgan fingerprint density at radius 1 is 1.03 bits per heavy atom. The Morgan fingerprint density at radius 3 is 2.50 bits per heavy atom. The number of halogens is 1. The van der Waals surface area contributed by atoms with E-state index in [1.165, 1.54) is 6.21 Å². The third kappa shape index (κ3) is 6.68. The average molecular weight is 497 g/mol. The van der Waals surface area contributed by atoms with E-state index >= 15 is 0 Å². The van der Waals surface area contributed by atoms with Crippen molar-refractivity contribution < 1.29 is 23.8 Å². The average Bonchev–Trinajstić information content (AvgIpc) is 2.79. The molecule has 0 unspecified atom stereocenters. The molecule has 1 amide bonds. The van der Waals surface area contributed by atoms with Crippen molar-refractivity contribution in [2.45, 2.75) is 6.92 Å². The van der Waals surface area contributed by atoms with E-state index < -0.39 is 11.9 Å². The molecule has 0 aliphatic rings. The van der Waals surface area contributed by atoms with Gasteiger partial charge >= 0.3 is 5.97 Å². The van der Waals surface area contributed by atoms with Crippen LogP contribution in [0.5, 0.6) is 17.2 Å². The summed E-state index contributed by atoms with van der Waals surface area (Å²) in [7, 11) is 1.57. The van der Waals surface area contributed by atoms with Crippen LogP contribution in [-0.4, -0.2) is 31.8 Å². The summed E-state index contributed by atoms with van der Waals surface area (Å²) in [5.41, 5.74) is 4.30. The zero-order chi connectivity index (χ0) is 22.9. The Kier molecular flexibility index (Phi) is 7.99. The van der Waals surface area contributed by atoms with Crippen LogP contribution in [0.15, 0.2) is 76.3 Å². The predicted molar refractivity (Wildman–Crippen MR) is 125 cm³/mol. The molecule has 0 radical (unpaired) electrons. The predicted octanol–water partition coefficient (Wildman–Crippen LogP) is 4.51. The topological polar surface area (TPSA) is 86.2 Å². The van der Waals surface area contributed by atoms with Crippen LogP contribution < -0.4 is 19.6 Å². The van der Waals surface area contributed by atoms with Crippen molar-refractivity contribution >= 4 is 34.0 Å². The smallest absolute Gasteiger partial charge is 0.343 e. The third-order valence-electron chi connectivity index (χ3n) is 4.25. The van der Waals surface area contributed by atoms with Gasteiger partial charge in [0.1, 0.15) is 17.2 Å². The van der Waals surface area contributed by atoms with Gasteiger partial charge in [0.05, 0.1) is 18.9 Å². The van der Waals surface area contributed by atoms with Crippen LogP contribution in [-0.2, 0) is 4.79 Å². The summed E-state index contributed by atoms with van der Waals surface area (Å²) in [5, 5.41) is 3.94. The van der Waals surface area contributed by atoms with Crippen LogP contribution in [0.3, 0.4) is 0 Å². The number of ether oxygens (including phenoxy) is 3. The molecule has 0 saturated carbocycles. The molecule has 0 fully saturated rings. The van der Waals surface area contributed by atoms with Crippen molar-refractivity contribution in [2.75, 3.05) is 13.7 Å². The van der Waals surface area contributed by atoms with Gasteiger partial charge in [0.25, 0.3) is 5.91 Å². The number of hydrogen-bond donors (Lipinski definition) is 1. The van der Waals surface area contributed by atoms with Crippen molar-refractivity contribution in [3.05, 3.63) is 87.9 Å². The monoisotopic (exact) mass is 496 g/mol. The van der Waals surface area contributed by atoms with Gasteiger partial charge in [-0.1, -0.05) is 33.6 Å². The normalized spacial score (nSPS) is 10.6. The second-order valence-electron chi connectivity index (χ2n) is 6.70. The number of nitrogens with one attached hydrogen (secondary N) is 1. The van der Waals surface area contributed by atoms with Crippen molar-refractivity contribution in [3.63, 3.8) is 0 Å². The molecule has 0 atom stereocenters. The van der Waals surface area contributed by atoms with Crippen molar-refractivity contribution in [1.29, 1.82) is 0 Å². The van der Waals surface area contributed by atoms with Gasteiger partial charge in [-0.25, -0.2) is 10.2 Å². The first-order valence-corrected chi connectivity index (χ1v) is 10.4. The lowest BCUT2D eigenvalue weighted by atomic mass is 10.1. The fraction of sp³-hybridized carbons (Fsp3) is 0.125. The van der Waals surface area contributed by atoms with E-state index in [2.05, 4.69) is 26.5 Å². The first-order valence-electron chi connectivity index (χ1n) is 9.62. The molecule has 32 heavy (non-hydrogen) atoms. The van der Waals surface area contributed by atoms with Gasteiger partial charge in [-0.05, 0) is 61.5 Å². The van der Waals surface area contributed by atoms with Crippen LogP contribution in [0.25, 0.3) is 0 Å². The highest BCUT2D eigenvalue weighted by atomic mass is 79.9. The first kappa shape index (κ1) is 23.0. The van der Waals surface area contributed by atoms with Gasteiger partial charge < -0.3 is 14.2 Å². The fourth-order valence-electron chi connectivity index (χ4n) is 2.67. The summed E-state index contributed by atoms with van der Waals surface area (Å²) in [4.78, 5) is 24.5. The zero-order valence-electron chi connectivity index (χ0n) is 17.5. The number of rotatable bonds is 8. The molecule has 7 nitrogen and oxygen atoms in total. The number of carbonyl (C=O) groups is 2. The number of esters is 1. The summed E-state index contributed by atoms with van der Waals surface area (Å²) in [6, 6.07) is 19.1. The van der Waals surface area contributed by atoms with E-state index in [0.29, 0.717) is 28.4 Å². The van der Waals surface area contributed by atoms with E-state index in [9.17, 15) is 9.59 Å². The maximum Gasteiger partial charge on any atom is 0.343 e. The van der Waals surface area contributed by atoms with Gasteiger partial charge in [-0.2, -0.15) is 5.10 Å². The van der Waals surface area contributed by atoms with E-state index in [4.69, 9.17) is 14.2 Å². The Labute approximate surface area is 194 Å². The molecule has 1 N–H and O–H groups in total. The highest BCUT2D eigenvalue weighted by Gasteiger charge is 2.12. The number of hydrogen-bond acceptors (Lipinski definition) is 6. The highest BCUT2D eigenvalue weighted by Crippen LogP contribution is 2.23. The van der Waals surface area contributed by atoms with Gasteiger partial charge in [-0.15, -0.1) is 0 Å². The minimum atomic E-state index is -0.484. The Hall–Kier alpha value is -3.65. The molecule has 0 saturated heterocycles. The van der Waals surface area contributed by atoms with Crippen LogP contribution in [0.4, 0.5) is 0 Å². The lowest BCUT2D eigenvalue weighted by Gasteiger charge is -2.09. The molecule has 0 aliphatic heterocycles. The van der Waals surface area contributed by atoms with E-state index in [0.717, 1.165) is 10.0 Å².